The van der Waals surface area contributed by atoms with Gasteiger partial charge in [0.2, 0.25) is 5.95 Å². The van der Waals surface area contributed by atoms with Gasteiger partial charge in [-0.15, -0.1) is 0 Å². The van der Waals surface area contributed by atoms with Gasteiger partial charge < -0.3 is 19.5 Å². The van der Waals surface area contributed by atoms with E-state index < -0.39 is 78.8 Å². The van der Waals surface area contributed by atoms with Crippen LogP contribution in [0.3, 0.4) is 0 Å². The fourth-order valence-electron chi connectivity index (χ4n) is 5.39. The summed E-state index contributed by atoms with van der Waals surface area (Å²) in [6, 6.07) is 4.63. The summed E-state index contributed by atoms with van der Waals surface area (Å²) < 4.78 is 119. The summed E-state index contributed by atoms with van der Waals surface area (Å²) in [4.78, 5) is 35.1. The molecule has 17 heteroatoms. The number of methoxy groups -OCH3 is 1. The zero-order chi connectivity index (χ0) is 34.5. The molecule has 2 aliphatic heterocycles. The molecule has 0 aliphatic carbocycles. The average Bonchev–Trinajstić information content (AvgIpc) is 3.26. The van der Waals surface area contributed by atoms with Crippen LogP contribution < -0.4 is 9.64 Å². The monoisotopic (exact) mass is 674 g/mol. The van der Waals surface area contributed by atoms with Crippen LogP contribution in [0.1, 0.15) is 47.4 Å². The highest BCUT2D eigenvalue weighted by Crippen LogP contribution is 2.42. The summed E-state index contributed by atoms with van der Waals surface area (Å²) >= 11 is 0. The zero-order valence-corrected chi connectivity index (χ0v) is 24.6. The third kappa shape index (κ3) is 7.17. The van der Waals surface area contributed by atoms with Crippen LogP contribution in [0, 0.1) is 0 Å². The van der Waals surface area contributed by atoms with E-state index in [1.54, 1.807) is 18.2 Å². The normalized spacial score (nSPS) is 19.4. The van der Waals surface area contributed by atoms with Gasteiger partial charge >= 0.3 is 24.4 Å². The minimum Gasteiger partial charge on any atom is -0.496 e. The van der Waals surface area contributed by atoms with Crippen LogP contribution in [-0.4, -0.2) is 64.2 Å². The van der Waals surface area contributed by atoms with Crippen molar-refractivity contribution in [3.05, 3.63) is 70.5 Å². The number of ether oxygens (including phenoxy) is 2. The second-order valence-corrected chi connectivity index (χ2v) is 11.2. The van der Waals surface area contributed by atoms with Crippen molar-refractivity contribution >= 4 is 18.0 Å². The maximum absolute atomic E-state index is 13.7. The molecular formula is C30H26F8N4O5. The number of aliphatic carboxylic acids is 1. The lowest BCUT2D eigenvalue weighted by Crippen LogP contribution is -2.57. The van der Waals surface area contributed by atoms with Gasteiger partial charge in [0.25, 0.3) is 5.92 Å². The molecule has 2 atom stereocenters. The first-order chi connectivity index (χ1) is 21.9. The number of carboxylic acids is 1. The molecule has 3 aromatic rings. The predicted molar refractivity (Wildman–Crippen MR) is 148 cm³/mol. The summed E-state index contributed by atoms with van der Waals surface area (Å²) in [5.41, 5.74) is -2.43. The molecule has 5 rings (SSSR count). The number of halogens is 8. The van der Waals surface area contributed by atoms with Gasteiger partial charge in [0, 0.05) is 23.7 Å². The summed E-state index contributed by atoms with van der Waals surface area (Å²) in [6.07, 6.45) is -11.6. The first-order valence-corrected chi connectivity index (χ1v) is 14.0. The topological polar surface area (TPSA) is 105 Å². The Morgan fingerprint density at radius 1 is 1.04 bits per heavy atom. The van der Waals surface area contributed by atoms with Gasteiger partial charge in [0.15, 0.2) is 0 Å². The van der Waals surface area contributed by atoms with E-state index in [2.05, 4.69) is 9.97 Å². The van der Waals surface area contributed by atoms with Crippen molar-refractivity contribution in [2.24, 2.45) is 0 Å². The van der Waals surface area contributed by atoms with Gasteiger partial charge in [-0.05, 0) is 54.8 Å². The molecule has 2 unspecified atom stereocenters. The van der Waals surface area contributed by atoms with Gasteiger partial charge in [-0.3, -0.25) is 9.69 Å². The van der Waals surface area contributed by atoms with Crippen LogP contribution in [0.25, 0.3) is 11.1 Å². The Kier molecular flexibility index (Phi) is 8.70. The molecule has 9 nitrogen and oxygen atoms in total. The Morgan fingerprint density at radius 2 is 1.68 bits per heavy atom. The number of aromatic nitrogens is 2. The Balaban J connectivity index is 1.54. The molecule has 1 N–H and O–H groups in total. The van der Waals surface area contributed by atoms with E-state index in [1.807, 2.05) is 0 Å². The minimum atomic E-state index is -5.13. The lowest BCUT2D eigenvalue weighted by Gasteiger charge is -2.38. The smallest absolute Gasteiger partial charge is 0.416 e. The van der Waals surface area contributed by atoms with E-state index in [-0.39, 0.29) is 41.9 Å². The number of carboxylic acid groups (broad SMARTS) is 1. The maximum Gasteiger partial charge on any atom is 0.416 e. The maximum atomic E-state index is 13.7. The lowest BCUT2D eigenvalue weighted by atomic mass is 9.97. The number of amides is 1. The van der Waals surface area contributed by atoms with Gasteiger partial charge in [0.05, 0.1) is 49.6 Å². The predicted octanol–water partition coefficient (Wildman–Crippen LogP) is 6.74. The number of hydrogen-bond donors (Lipinski definition) is 1. The molecule has 0 saturated carbocycles. The molecule has 2 fully saturated rings. The molecule has 0 spiro atoms. The molecule has 2 aromatic carbocycles. The van der Waals surface area contributed by atoms with E-state index in [4.69, 9.17) is 14.6 Å². The van der Waals surface area contributed by atoms with Crippen molar-refractivity contribution in [1.29, 1.82) is 0 Å². The number of carbonyl (C=O) groups is 2. The number of cyclic esters (lactones) is 1. The molecule has 1 amide bonds. The molecule has 3 heterocycles. The van der Waals surface area contributed by atoms with Crippen LogP contribution >= 0.6 is 0 Å². The van der Waals surface area contributed by atoms with Crippen molar-refractivity contribution in [1.82, 2.24) is 14.9 Å². The molecule has 252 valence electrons. The fourth-order valence-corrected chi connectivity index (χ4v) is 5.39. The number of anilines is 1. The van der Waals surface area contributed by atoms with Gasteiger partial charge in [-0.25, -0.2) is 23.5 Å². The highest BCUT2D eigenvalue weighted by atomic mass is 19.4. The van der Waals surface area contributed by atoms with E-state index in [1.165, 1.54) is 25.1 Å². The zero-order valence-electron chi connectivity index (χ0n) is 24.6. The number of aryl methyl sites for hydroxylation is 1. The Bertz CT molecular complexity index is 1660. The highest BCUT2D eigenvalue weighted by Gasteiger charge is 2.46. The average molecular weight is 675 g/mol. The van der Waals surface area contributed by atoms with Crippen LogP contribution in [0.2, 0.25) is 0 Å². The second-order valence-electron chi connectivity index (χ2n) is 11.2. The van der Waals surface area contributed by atoms with Gasteiger partial charge in [-0.2, -0.15) is 26.3 Å². The number of nitrogens with zero attached hydrogens (tertiary/aromatic N) is 4. The van der Waals surface area contributed by atoms with E-state index in [0.717, 1.165) is 4.90 Å². The van der Waals surface area contributed by atoms with Crippen LogP contribution in [0.5, 0.6) is 5.75 Å². The standard InChI is InChI=1S/C30H26F8N4O5/c1-15-25(17-8-18(29(33,34)35)10-19(9-17)30(36,37)38)47-27(45)42(15)12-22-21(11-39-26(40-22)41-13-28(31,32)14-41)20-7-16(4-6-24(43)44)3-5-23(20)46-2/h3,5,7-11,15,25H,4,6,12-14H2,1-2H3,(H,43,44). The number of benzene rings is 2. The molecule has 2 aliphatic rings. The number of hydrogen-bond acceptors (Lipinski definition) is 7. The lowest BCUT2D eigenvalue weighted by molar-refractivity contribution is -0.143. The SMILES string of the molecule is COc1ccc(CCC(=O)O)cc1-c1cnc(N2CC(F)(F)C2)nc1CN1C(=O)OC(c2cc(C(F)(F)F)cc(C(F)(F)F)c2)C1C. The van der Waals surface area contributed by atoms with Crippen molar-refractivity contribution in [3.63, 3.8) is 0 Å². The molecule has 47 heavy (non-hydrogen) atoms. The van der Waals surface area contributed by atoms with Crippen LogP contribution in [0.15, 0.2) is 42.6 Å². The summed E-state index contributed by atoms with van der Waals surface area (Å²) in [6.45, 7) is -0.407. The van der Waals surface area contributed by atoms with E-state index in [0.29, 0.717) is 23.3 Å². The third-order valence-electron chi connectivity index (χ3n) is 7.81. The number of alkyl halides is 8. The second kappa shape index (κ2) is 12.2. The Hall–Kier alpha value is -4.70. The minimum absolute atomic E-state index is 0.0331. The quantitative estimate of drug-likeness (QED) is 0.249. The van der Waals surface area contributed by atoms with Crippen molar-refractivity contribution in [2.75, 3.05) is 25.1 Å². The Morgan fingerprint density at radius 3 is 2.23 bits per heavy atom. The largest absolute Gasteiger partial charge is 0.496 e. The molecule has 1 aromatic heterocycles. The first kappa shape index (κ1) is 33.7. The van der Waals surface area contributed by atoms with Crippen molar-refractivity contribution in [3.8, 4) is 16.9 Å². The van der Waals surface area contributed by atoms with Gasteiger partial charge in [0.1, 0.15) is 11.9 Å². The Labute approximate surface area is 261 Å². The summed E-state index contributed by atoms with van der Waals surface area (Å²) in [5, 5.41) is 9.11. The molecule has 0 radical (unpaired) electrons. The molecule has 0 bridgehead atoms. The summed E-state index contributed by atoms with van der Waals surface area (Å²) in [5.74, 6) is -3.85. The third-order valence-corrected chi connectivity index (χ3v) is 7.81. The van der Waals surface area contributed by atoms with Crippen LogP contribution in [0.4, 0.5) is 45.9 Å². The van der Waals surface area contributed by atoms with Crippen molar-refractivity contribution < 1.29 is 59.3 Å². The number of carbonyl (C=O) groups excluding carboxylic acids is 1. The summed E-state index contributed by atoms with van der Waals surface area (Å²) in [7, 11) is 1.36. The van der Waals surface area contributed by atoms with Gasteiger partial charge in [-0.1, -0.05) is 6.07 Å². The van der Waals surface area contributed by atoms with Crippen molar-refractivity contribution in [2.45, 2.75) is 56.7 Å². The molecule has 2 saturated heterocycles. The number of rotatable bonds is 9. The van der Waals surface area contributed by atoms with Crippen LogP contribution in [-0.2, 0) is 34.8 Å². The van der Waals surface area contributed by atoms with E-state index >= 15 is 0 Å². The highest BCUT2D eigenvalue weighted by molar-refractivity contribution is 5.75. The first-order valence-electron chi connectivity index (χ1n) is 14.0. The van der Waals surface area contributed by atoms with E-state index in [9.17, 15) is 44.7 Å². The fraction of sp³-hybridized carbons (Fsp3) is 0.400. The molecular weight excluding hydrogens is 648 g/mol.